The van der Waals surface area contributed by atoms with Crippen LogP contribution in [0.1, 0.15) is 23.2 Å². The highest BCUT2D eigenvalue weighted by molar-refractivity contribution is 7.89. The number of benzene rings is 1. The van der Waals surface area contributed by atoms with Gasteiger partial charge in [0.2, 0.25) is 10.0 Å². The van der Waals surface area contributed by atoms with Crippen molar-refractivity contribution >= 4 is 27.6 Å². The van der Waals surface area contributed by atoms with Crippen molar-refractivity contribution < 1.29 is 22.7 Å². The molecule has 1 aromatic rings. The van der Waals surface area contributed by atoms with Crippen molar-refractivity contribution in [3.63, 3.8) is 0 Å². The van der Waals surface area contributed by atoms with E-state index < -0.39 is 16.0 Å². The highest BCUT2D eigenvalue weighted by atomic mass is 35.5. The molecule has 1 aliphatic heterocycles. The molecule has 0 spiro atoms. The Morgan fingerprint density at radius 3 is 2.62 bits per heavy atom. The Hall–Kier alpha value is -1.19. The highest BCUT2D eigenvalue weighted by Crippen LogP contribution is 2.27. The number of halogens is 1. The van der Waals surface area contributed by atoms with Gasteiger partial charge in [0, 0.05) is 39.9 Å². The van der Waals surface area contributed by atoms with Crippen LogP contribution in [0, 0.1) is 0 Å². The predicted octanol–water partition coefficient (Wildman–Crippen LogP) is 1.86. The molecule has 1 heterocycles. The number of carbonyl (C=O) groups excluding carboxylic acids is 1. The standard InChI is InChI=1S/C17H25ClN2O5S/c1-24-12-4-8-19-7-3-9-20(11-10-19)26(22,23)16-6-5-14(13-15(16)18)17(21)25-2/h5-6,13H,3-4,7-12H2,1-2H3. The maximum absolute atomic E-state index is 13.0. The van der Waals surface area contributed by atoms with Crippen LogP contribution < -0.4 is 0 Å². The normalized spacial score (nSPS) is 17.0. The fraction of sp³-hybridized carbons (Fsp3) is 0.588. The van der Waals surface area contributed by atoms with Crippen molar-refractivity contribution in [2.45, 2.75) is 17.7 Å². The van der Waals surface area contributed by atoms with E-state index in [9.17, 15) is 13.2 Å². The van der Waals surface area contributed by atoms with Gasteiger partial charge in [-0.05, 0) is 37.6 Å². The van der Waals surface area contributed by atoms with E-state index >= 15 is 0 Å². The summed E-state index contributed by atoms with van der Waals surface area (Å²) in [5.74, 6) is -0.558. The summed E-state index contributed by atoms with van der Waals surface area (Å²) in [5.41, 5.74) is 0.219. The number of sulfonamides is 1. The second kappa shape index (κ2) is 9.66. The monoisotopic (exact) mass is 404 g/mol. The second-order valence-electron chi connectivity index (χ2n) is 6.08. The van der Waals surface area contributed by atoms with Gasteiger partial charge in [-0.3, -0.25) is 0 Å². The molecule has 1 aromatic carbocycles. The first-order valence-corrected chi connectivity index (χ1v) is 10.3. The summed E-state index contributed by atoms with van der Waals surface area (Å²) in [7, 11) is -0.783. The van der Waals surface area contributed by atoms with Gasteiger partial charge in [0.05, 0.1) is 17.7 Å². The molecule has 0 N–H and O–H groups in total. The number of carbonyl (C=O) groups is 1. The van der Waals surface area contributed by atoms with Gasteiger partial charge in [-0.25, -0.2) is 13.2 Å². The van der Waals surface area contributed by atoms with Crippen LogP contribution in [-0.4, -0.2) is 77.1 Å². The Kier molecular flexibility index (Phi) is 7.85. The molecule has 146 valence electrons. The van der Waals surface area contributed by atoms with E-state index in [0.717, 1.165) is 25.9 Å². The number of ether oxygens (including phenoxy) is 2. The van der Waals surface area contributed by atoms with Gasteiger partial charge in [0.15, 0.2) is 0 Å². The molecule has 7 nitrogen and oxygen atoms in total. The molecule has 26 heavy (non-hydrogen) atoms. The molecule has 0 bridgehead atoms. The van der Waals surface area contributed by atoms with Gasteiger partial charge in [-0.15, -0.1) is 0 Å². The number of methoxy groups -OCH3 is 2. The molecule has 1 aliphatic rings. The van der Waals surface area contributed by atoms with Gasteiger partial charge in [-0.1, -0.05) is 11.6 Å². The number of hydrogen-bond acceptors (Lipinski definition) is 6. The third kappa shape index (κ3) is 5.17. The largest absolute Gasteiger partial charge is 0.465 e. The zero-order valence-electron chi connectivity index (χ0n) is 15.1. The van der Waals surface area contributed by atoms with E-state index in [2.05, 4.69) is 9.64 Å². The molecule has 0 aliphatic carbocycles. The van der Waals surface area contributed by atoms with Gasteiger partial charge in [0.1, 0.15) is 4.90 Å². The molecular weight excluding hydrogens is 380 g/mol. The third-order valence-corrected chi connectivity index (χ3v) is 6.72. The van der Waals surface area contributed by atoms with E-state index in [-0.39, 0.29) is 15.5 Å². The van der Waals surface area contributed by atoms with E-state index in [0.29, 0.717) is 26.2 Å². The molecule has 1 saturated heterocycles. The van der Waals surface area contributed by atoms with E-state index in [1.165, 1.54) is 29.6 Å². The number of nitrogens with zero attached hydrogens (tertiary/aromatic N) is 2. The SMILES string of the molecule is COCCCN1CCCN(S(=O)(=O)c2ccc(C(=O)OC)cc2Cl)CC1. The first-order valence-electron chi connectivity index (χ1n) is 8.49. The molecule has 1 fully saturated rings. The zero-order valence-corrected chi connectivity index (χ0v) is 16.7. The molecule has 2 rings (SSSR count). The summed E-state index contributed by atoms with van der Waals surface area (Å²) in [6.07, 6.45) is 1.67. The minimum absolute atomic E-state index is 0.0136. The van der Waals surface area contributed by atoms with Crippen LogP contribution in [0.3, 0.4) is 0 Å². The summed E-state index contributed by atoms with van der Waals surface area (Å²) in [5, 5.41) is 0.0223. The van der Waals surface area contributed by atoms with Crippen molar-refractivity contribution in [3.05, 3.63) is 28.8 Å². The minimum atomic E-state index is -3.72. The van der Waals surface area contributed by atoms with E-state index in [4.69, 9.17) is 16.3 Å². The lowest BCUT2D eigenvalue weighted by atomic mass is 10.2. The Morgan fingerprint density at radius 1 is 1.19 bits per heavy atom. The second-order valence-corrected chi connectivity index (χ2v) is 8.40. The Bertz CT molecular complexity index is 726. The summed E-state index contributed by atoms with van der Waals surface area (Å²) < 4.78 is 37.1. The molecular formula is C17H25ClN2O5S. The molecule has 0 unspecified atom stereocenters. The van der Waals surface area contributed by atoms with Crippen LogP contribution in [0.25, 0.3) is 0 Å². The predicted molar refractivity (Wildman–Crippen MR) is 99.1 cm³/mol. The lowest BCUT2D eigenvalue weighted by Crippen LogP contribution is -2.35. The van der Waals surface area contributed by atoms with Gasteiger partial charge >= 0.3 is 5.97 Å². The lowest BCUT2D eigenvalue weighted by Gasteiger charge is -2.22. The molecule has 0 amide bonds. The van der Waals surface area contributed by atoms with Gasteiger partial charge in [0.25, 0.3) is 0 Å². The van der Waals surface area contributed by atoms with Crippen LogP contribution in [0.5, 0.6) is 0 Å². The van der Waals surface area contributed by atoms with Crippen molar-refractivity contribution in [2.75, 3.05) is 53.6 Å². The van der Waals surface area contributed by atoms with Gasteiger partial charge in [-0.2, -0.15) is 4.31 Å². The zero-order chi connectivity index (χ0) is 19.2. The smallest absolute Gasteiger partial charge is 0.337 e. The van der Waals surface area contributed by atoms with Crippen LogP contribution in [0.4, 0.5) is 0 Å². The summed E-state index contributed by atoms with van der Waals surface area (Å²) in [6, 6.07) is 4.11. The van der Waals surface area contributed by atoms with Gasteiger partial charge < -0.3 is 14.4 Å². The summed E-state index contributed by atoms with van der Waals surface area (Å²) in [4.78, 5) is 13.8. The first kappa shape index (κ1) is 21.1. The van der Waals surface area contributed by atoms with Crippen molar-refractivity contribution in [2.24, 2.45) is 0 Å². The topological polar surface area (TPSA) is 76.2 Å². The Labute approximate surface area is 159 Å². The Morgan fingerprint density at radius 2 is 1.96 bits per heavy atom. The summed E-state index contributed by atoms with van der Waals surface area (Å²) in [6.45, 7) is 3.95. The minimum Gasteiger partial charge on any atom is -0.465 e. The third-order valence-electron chi connectivity index (χ3n) is 4.34. The van der Waals surface area contributed by atoms with E-state index in [1.807, 2.05) is 0 Å². The number of rotatable bonds is 7. The van der Waals surface area contributed by atoms with Crippen molar-refractivity contribution in [3.8, 4) is 0 Å². The molecule has 0 aromatic heterocycles. The Balaban J connectivity index is 2.11. The van der Waals surface area contributed by atoms with Crippen LogP contribution in [0.15, 0.2) is 23.1 Å². The highest BCUT2D eigenvalue weighted by Gasteiger charge is 2.29. The number of hydrogen-bond donors (Lipinski definition) is 0. The molecule has 0 saturated carbocycles. The van der Waals surface area contributed by atoms with Crippen molar-refractivity contribution in [1.29, 1.82) is 0 Å². The lowest BCUT2D eigenvalue weighted by molar-refractivity contribution is 0.0600. The van der Waals surface area contributed by atoms with Crippen LogP contribution in [-0.2, 0) is 19.5 Å². The maximum atomic E-state index is 13.0. The molecule has 0 radical (unpaired) electrons. The fourth-order valence-corrected chi connectivity index (χ4v) is 4.93. The quantitative estimate of drug-likeness (QED) is 0.510. The first-order chi connectivity index (χ1) is 12.4. The summed E-state index contributed by atoms with van der Waals surface area (Å²) >= 11 is 6.15. The molecule has 9 heteroatoms. The average molecular weight is 405 g/mol. The average Bonchev–Trinajstić information content (AvgIpc) is 2.87. The van der Waals surface area contributed by atoms with Crippen LogP contribution >= 0.6 is 11.6 Å². The van der Waals surface area contributed by atoms with E-state index in [1.54, 1.807) is 7.11 Å². The van der Waals surface area contributed by atoms with Crippen LogP contribution in [0.2, 0.25) is 5.02 Å². The number of esters is 1. The maximum Gasteiger partial charge on any atom is 0.337 e. The fourth-order valence-electron chi connectivity index (χ4n) is 2.94. The molecule has 0 atom stereocenters. The van der Waals surface area contributed by atoms with Crippen molar-refractivity contribution in [1.82, 2.24) is 9.21 Å².